The number of nitrogens with zero attached hydrogens (tertiary/aromatic N) is 2. The third kappa shape index (κ3) is 3.31. The van der Waals surface area contributed by atoms with Gasteiger partial charge in [0.2, 0.25) is 0 Å². The minimum atomic E-state index is 0.0712. The van der Waals surface area contributed by atoms with Gasteiger partial charge in [-0.3, -0.25) is 0 Å². The normalized spacial score (nSPS) is 14.4. The highest BCUT2D eigenvalue weighted by Crippen LogP contribution is 2.37. The summed E-state index contributed by atoms with van der Waals surface area (Å²) in [6, 6.07) is 8.60. The smallest absolute Gasteiger partial charge is 0.170 e. The van der Waals surface area contributed by atoms with Gasteiger partial charge in [-0.05, 0) is 37.9 Å². The lowest BCUT2D eigenvalue weighted by Gasteiger charge is -2.19. The molecule has 0 radical (unpaired) electrons. The van der Waals surface area contributed by atoms with Crippen molar-refractivity contribution in [3.63, 3.8) is 0 Å². The first-order valence-electron chi connectivity index (χ1n) is 5.85. The fourth-order valence-corrected chi connectivity index (χ4v) is 3.60. The van der Waals surface area contributed by atoms with Crippen LogP contribution in [-0.4, -0.2) is 15.4 Å². The van der Waals surface area contributed by atoms with Gasteiger partial charge >= 0.3 is 0 Å². The van der Waals surface area contributed by atoms with Crippen LogP contribution < -0.4 is 5.73 Å². The first-order valence-corrected chi connectivity index (χ1v) is 7.50. The second-order valence-electron chi connectivity index (χ2n) is 4.42. The third-order valence-electron chi connectivity index (χ3n) is 2.62. The van der Waals surface area contributed by atoms with E-state index in [2.05, 4.69) is 40.5 Å². The van der Waals surface area contributed by atoms with Crippen molar-refractivity contribution in [2.75, 3.05) is 0 Å². The molecule has 2 aromatic rings. The molecule has 1 aromatic heterocycles. The van der Waals surface area contributed by atoms with Crippen molar-refractivity contribution in [3.8, 4) is 0 Å². The zero-order valence-electron chi connectivity index (χ0n) is 10.8. The lowest BCUT2D eigenvalue weighted by molar-refractivity contribution is 0.721. The predicted octanol–water partition coefficient (Wildman–Crippen LogP) is 3.34. The quantitative estimate of drug-likeness (QED) is 0.872. The number of benzene rings is 1. The minimum Gasteiger partial charge on any atom is -0.327 e. The first-order chi connectivity index (χ1) is 8.56. The number of aromatic nitrogens is 2. The summed E-state index contributed by atoms with van der Waals surface area (Å²) < 4.78 is 5.19. The molecular formula is C13H17N3S2. The number of hydrogen-bond acceptors (Lipinski definition) is 5. The number of aryl methyl sites for hydroxylation is 2. The lowest BCUT2D eigenvalue weighted by atomic mass is 10.1. The average molecular weight is 279 g/mol. The van der Waals surface area contributed by atoms with Crippen LogP contribution in [0.3, 0.4) is 0 Å². The van der Waals surface area contributed by atoms with Crippen LogP contribution in [0, 0.1) is 13.8 Å². The van der Waals surface area contributed by atoms with Crippen LogP contribution in [0.2, 0.25) is 0 Å². The second-order valence-corrected chi connectivity index (χ2v) is 6.56. The molecule has 0 aliphatic carbocycles. The predicted molar refractivity (Wildman–Crippen MR) is 78.1 cm³/mol. The fourth-order valence-electron chi connectivity index (χ4n) is 1.67. The van der Waals surface area contributed by atoms with Gasteiger partial charge in [-0.2, -0.15) is 4.37 Å². The molecule has 0 aliphatic rings. The maximum absolute atomic E-state index is 6.10. The van der Waals surface area contributed by atoms with E-state index in [0.29, 0.717) is 0 Å². The summed E-state index contributed by atoms with van der Waals surface area (Å²) in [5, 5.41) is 0.220. The van der Waals surface area contributed by atoms with Gasteiger partial charge in [-0.1, -0.05) is 41.6 Å². The number of nitrogens with two attached hydrogens (primary N) is 1. The van der Waals surface area contributed by atoms with Crippen LogP contribution in [-0.2, 0) is 0 Å². The Morgan fingerprint density at radius 2 is 1.89 bits per heavy atom. The molecule has 5 heteroatoms. The van der Waals surface area contributed by atoms with E-state index in [4.69, 9.17) is 5.73 Å². The van der Waals surface area contributed by atoms with Crippen molar-refractivity contribution in [1.82, 2.24) is 9.36 Å². The molecule has 0 fully saturated rings. The van der Waals surface area contributed by atoms with Crippen molar-refractivity contribution in [1.29, 1.82) is 0 Å². The van der Waals surface area contributed by atoms with Crippen LogP contribution >= 0.6 is 23.3 Å². The molecule has 0 amide bonds. The van der Waals surface area contributed by atoms with Crippen molar-refractivity contribution in [2.24, 2.45) is 5.73 Å². The Morgan fingerprint density at radius 3 is 2.39 bits per heavy atom. The van der Waals surface area contributed by atoms with E-state index in [1.165, 1.54) is 22.7 Å². The van der Waals surface area contributed by atoms with Crippen molar-refractivity contribution in [2.45, 2.75) is 36.4 Å². The van der Waals surface area contributed by atoms with E-state index >= 15 is 0 Å². The summed E-state index contributed by atoms with van der Waals surface area (Å²) in [6.45, 7) is 6.03. The maximum Gasteiger partial charge on any atom is 0.170 e. The Labute approximate surface area is 116 Å². The van der Waals surface area contributed by atoms with Gasteiger partial charge in [-0.15, -0.1) is 0 Å². The van der Waals surface area contributed by atoms with Gasteiger partial charge in [0, 0.05) is 6.04 Å². The van der Waals surface area contributed by atoms with E-state index in [1.807, 2.05) is 13.8 Å². The molecule has 0 saturated carbocycles. The Hall–Kier alpha value is -0.910. The Kier molecular flexibility index (Phi) is 4.37. The van der Waals surface area contributed by atoms with Crippen molar-refractivity contribution in [3.05, 3.63) is 41.2 Å². The van der Waals surface area contributed by atoms with Gasteiger partial charge in [0.25, 0.3) is 0 Å². The number of rotatable bonds is 4. The fraction of sp³-hybridized carbons (Fsp3) is 0.385. The highest BCUT2D eigenvalue weighted by atomic mass is 32.2. The molecule has 0 spiro atoms. The topological polar surface area (TPSA) is 51.8 Å². The summed E-state index contributed by atoms with van der Waals surface area (Å²) in [4.78, 5) is 4.39. The van der Waals surface area contributed by atoms with E-state index in [0.717, 1.165) is 10.2 Å². The summed E-state index contributed by atoms with van der Waals surface area (Å²) in [7, 11) is 0. The highest BCUT2D eigenvalue weighted by molar-refractivity contribution is 8.01. The summed E-state index contributed by atoms with van der Waals surface area (Å²) in [6.07, 6.45) is 0. The van der Waals surface area contributed by atoms with E-state index in [9.17, 15) is 0 Å². The summed E-state index contributed by atoms with van der Waals surface area (Å²) in [5.41, 5.74) is 8.60. The van der Waals surface area contributed by atoms with E-state index < -0.39 is 0 Å². The molecule has 3 nitrogen and oxygen atoms in total. The molecule has 1 heterocycles. The SMILES string of the molecule is Cc1ccc(C(Sc2nc(C)ns2)C(C)N)cc1. The molecule has 0 saturated heterocycles. The lowest BCUT2D eigenvalue weighted by Crippen LogP contribution is -2.22. The summed E-state index contributed by atoms with van der Waals surface area (Å²) in [5.74, 6) is 0.829. The Morgan fingerprint density at radius 1 is 1.22 bits per heavy atom. The van der Waals surface area contributed by atoms with Crippen molar-refractivity contribution >= 4 is 23.3 Å². The first kappa shape index (κ1) is 13.5. The van der Waals surface area contributed by atoms with Gasteiger partial charge in [0.15, 0.2) is 4.34 Å². The van der Waals surface area contributed by atoms with Gasteiger partial charge in [0.1, 0.15) is 5.82 Å². The van der Waals surface area contributed by atoms with Crippen LogP contribution in [0.15, 0.2) is 28.6 Å². The maximum atomic E-state index is 6.10. The molecule has 2 unspecified atom stereocenters. The molecule has 0 aliphatic heterocycles. The molecule has 18 heavy (non-hydrogen) atoms. The standard InChI is InChI=1S/C13H17N3S2/c1-8-4-6-11(7-5-8)12(9(2)14)17-13-15-10(3)16-18-13/h4-7,9,12H,14H2,1-3H3. The zero-order valence-corrected chi connectivity index (χ0v) is 12.4. The number of thioether (sulfide) groups is 1. The summed E-state index contributed by atoms with van der Waals surface area (Å²) >= 11 is 3.14. The Bertz CT molecular complexity index is 505. The zero-order chi connectivity index (χ0) is 13.1. The van der Waals surface area contributed by atoms with E-state index in [1.54, 1.807) is 11.8 Å². The molecule has 2 N–H and O–H groups in total. The van der Waals surface area contributed by atoms with Crippen molar-refractivity contribution < 1.29 is 0 Å². The van der Waals surface area contributed by atoms with Crippen LogP contribution in [0.25, 0.3) is 0 Å². The largest absolute Gasteiger partial charge is 0.327 e. The third-order valence-corrected chi connectivity index (χ3v) is 4.98. The van der Waals surface area contributed by atoms with Crippen LogP contribution in [0.1, 0.15) is 29.1 Å². The van der Waals surface area contributed by atoms with Gasteiger partial charge < -0.3 is 5.73 Å². The second kappa shape index (κ2) is 5.82. The minimum absolute atomic E-state index is 0.0712. The number of hydrogen-bond donors (Lipinski definition) is 1. The van der Waals surface area contributed by atoms with Crippen LogP contribution in [0.5, 0.6) is 0 Å². The monoisotopic (exact) mass is 279 g/mol. The molecule has 96 valence electrons. The Balaban J connectivity index is 2.20. The van der Waals surface area contributed by atoms with Crippen LogP contribution in [0.4, 0.5) is 0 Å². The molecule has 2 atom stereocenters. The molecule has 2 rings (SSSR count). The average Bonchev–Trinajstić information content (AvgIpc) is 2.73. The molecular weight excluding hydrogens is 262 g/mol. The van der Waals surface area contributed by atoms with E-state index in [-0.39, 0.29) is 11.3 Å². The highest BCUT2D eigenvalue weighted by Gasteiger charge is 2.19. The van der Waals surface area contributed by atoms with Gasteiger partial charge in [-0.25, -0.2) is 4.98 Å². The van der Waals surface area contributed by atoms with Gasteiger partial charge in [0.05, 0.1) is 5.25 Å². The molecule has 0 bridgehead atoms. The molecule has 1 aromatic carbocycles.